The molecule has 7 heteroatoms. The lowest BCUT2D eigenvalue weighted by atomic mass is 10.4. The molecule has 0 amide bonds. The predicted octanol–water partition coefficient (Wildman–Crippen LogP) is 0.306. The zero-order chi connectivity index (χ0) is 13.0. The maximum atomic E-state index is 9.04. The van der Waals surface area contributed by atoms with Crippen LogP contribution in [-0.2, 0) is 0 Å². The van der Waals surface area contributed by atoms with Gasteiger partial charge < -0.3 is 20.6 Å². The predicted molar refractivity (Wildman–Crippen MR) is 71.0 cm³/mol. The summed E-state index contributed by atoms with van der Waals surface area (Å²) in [5, 5.41) is 15.0. The highest BCUT2D eigenvalue weighted by molar-refractivity contribution is 5.44. The fourth-order valence-electron chi connectivity index (χ4n) is 1.87. The number of aromatic nitrogens is 3. The minimum Gasteiger partial charge on any atom is -0.394 e. The van der Waals surface area contributed by atoms with Gasteiger partial charge in [-0.15, -0.1) is 0 Å². The standard InChI is InChI=1S/C11H20N6O/c1-8(7-18)13-10-14-9(12-2)15-11(16-10)17-5-3-4-6-17/h8,18H,3-7H2,1-2H3,(H2,12,13,14,15,16). The summed E-state index contributed by atoms with van der Waals surface area (Å²) >= 11 is 0. The lowest BCUT2D eigenvalue weighted by molar-refractivity contribution is 0.281. The van der Waals surface area contributed by atoms with Crippen LogP contribution in [0.25, 0.3) is 0 Å². The van der Waals surface area contributed by atoms with E-state index < -0.39 is 0 Å². The van der Waals surface area contributed by atoms with E-state index in [0.29, 0.717) is 17.8 Å². The van der Waals surface area contributed by atoms with Crippen molar-refractivity contribution in [3.63, 3.8) is 0 Å². The molecule has 0 saturated carbocycles. The lowest BCUT2D eigenvalue weighted by Crippen LogP contribution is -2.25. The molecule has 1 unspecified atom stereocenters. The molecule has 1 fully saturated rings. The fraction of sp³-hybridized carbons (Fsp3) is 0.727. The second-order valence-corrected chi connectivity index (χ2v) is 4.45. The molecule has 7 nitrogen and oxygen atoms in total. The van der Waals surface area contributed by atoms with Crippen molar-refractivity contribution in [3.05, 3.63) is 0 Å². The van der Waals surface area contributed by atoms with Crippen LogP contribution in [0.5, 0.6) is 0 Å². The quantitative estimate of drug-likeness (QED) is 0.695. The average molecular weight is 252 g/mol. The van der Waals surface area contributed by atoms with Gasteiger partial charge in [-0.05, 0) is 19.8 Å². The molecule has 0 radical (unpaired) electrons. The number of hydrogen-bond donors (Lipinski definition) is 3. The van der Waals surface area contributed by atoms with E-state index in [1.165, 1.54) is 12.8 Å². The maximum Gasteiger partial charge on any atom is 0.231 e. The zero-order valence-electron chi connectivity index (χ0n) is 10.8. The van der Waals surface area contributed by atoms with Crippen LogP contribution in [0.4, 0.5) is 17.8 Å². The van der Waals surface area contributed by atoms with Crippen LogP contribution in [0, 0.1) is 0 Å². The third-order valence-corrected chi connectivity index (χ3v) is 2.89. The topological polar surface area (TPSA) is 86.2 Å². The second-order valence-electron chi connectivity index (χ2n) is 4.45. The Bertz CT molecular complexity index is 393. The first-order valence-electron chi connectivity index (χ1n) is 6.29. The van der Waals surface area contributed by atoms with Crippen LogP contribution >= 0.6 is 0 Å². The SMILES string of the molecule is CNc1nc(NC(C)CO)nc(N2CCCC2)n1. The zero-order valence-corrected chi connectivity index (χ0v) is 10.8. The average Bonchev–Trinajstić information content (AvgIpc) is 2.92. The van der Waals surface area contributed by atoms with E-state index in [1.54, 1.807) is 7.05 Å². The molecule has 1 aliphatic heterocycles. The Morgan fingerprint density at radius 1 is 1.22 bits per heavy atom. The van der Waals surface area contributed by atoms with E-state index in [0.717, 1.165) is 13.1 Å². The van der Waals surface area contributed by atoms with E-state index in [2.05, 4.69) is 30.5 Å². The maximum absolute atomic E-state index is 9.04. The highest BCUT2D eigenvalue weighted by atomic mass is 16.3. The van der Waals surface area contributed by atoms with Gasteiger partial charge in [-0.3, -0.25) is 0 Å². The van der Waals surface area contributed by atoms with Crippen molar-refractivity contribution in [1.29, 1.82) is 0 Å². The molecule has 1 saturated heterocycles. The van der Waals surface area contributed by atoms with Gasteiger partial charge in [0.05, 0.1) is 6.61 Å². The minimum absolute atomic E-state index is 0.0413. The summed E-state index contributed by atoms with van der Waals surface area (Å²) in [4.78, 5) is 15.1. The number of aliphatic hydroxyl groups excluding tert-OH is 1. The Morgan fingerprint density at radius 2 is 1.89 bits per heavy atom. The van der Waals surface area contributed by atoms with Crippen LogP contribution < -0.4 is 15.5 Å². The first-order valence-corrected chi connectivity index (χ1v) is 6.29. The van der Waals surface area contributed by atoms with Crippen LogP contribution in [0.1, 0.15) is 19.8 Å². The van der Waals surface area contributed by atoms with E-state index in [9.17, 15) is 0 Å². The lowest BCUT2D eigenvalue weighted by Gasteiger charge is -2.17. The van der Waals surface area contributed by atoms with E-state index >= 15 is 0 Å². The van der Waals surface area contributed by atoms with Crippen LogP contribution in [0.2, 0.25) is 0 Å². The highest BCUT2D eigenvalue weighted by Gasteiger charge is 2.17. The van der Waals surface area contributed by atoms with Crippen LogP contribution in [0.3, 0.4) is 0 Å². The number of rotatable bonds is 5. The molecule has 2 rings (SSSR count). The molecule has 1 atom stereocenters. The third-order valence-electron chi connectivity index (χ3n) is 2.89. The molecule has 3 N–H and O–H groups in total. The van der Waals surface area contributed by atoms with Gasteiger partial charge in [0.15, 0.2) is 0 Å². The van der Waals surface area contributed by atoms with E-state index in [-0.39, 0.29) is 12.6 Å². The van der Waals surface area contributed by atoms with Gasteiger partial charge in [0.25, 0.3) is 0 Å². The molecule has 0 aromatic carbocycles. The Balaban J connectivity index is 2.20. The number of nitrogens with one attached hydrogen (secondary N) is 2. The van der Waals surface area contributed by atoms with Gasteiger partial charge in [-0.1, -0.05) is 0 Å². The van der Waals surface area contributed by atoms with Gasteiger partial charge in [0, 0.05) is 26.2 Å². The number of nitrogens with zero attached hydrogens (tertiary/aromatic N) is 4. The monoisotopic (exact) mass is 252 g/mol. The van der Waals surface area contributed by atoms with Gasteiger partial charge in [-0.2, -0.15) is 15.0 Å². The molecule has 18 heavy (non-hydrogen) atoms. The molecule has 1 aliphatic rings. The normalized spacial score (nSPS) is 16.7. The summed E-state index contributed by atoms with van der Waals surface area (Å²) < 4.78 is 0. The molecule has 100 valence electrons. The molecule has 0 aliphatic carbocycles. The van der Waals surface area contributed by atoms with Crippen LogP contribution in [0.15, 0.2) is 0 Å². The molecular weight excluding hydrogens is 232 g/mol. The van der Waals surface area contributed by atoms with Crippen molar-refractivity contribution in [2.45, 2.75) is 25.8 Å². The van der Waals surface area contributed by atoms with Gasteiger partial charge in [0.1, 0.15) is 0 Å². The summed E-state index contributed by atoms with van der Waals surface area (Å²) in [5.41, 5.74) is 0. The number of aliphatic hydroxyl groups is 1. The van der Waals surface area contributed by atoms with Gasteiger partial charge in [0.2, 0.25) is 17.8 Å². The van der Waals surface area contributed by atoms with Crippen LogP contribution in [-0.4, -0.2) is 52.8 Å². The minimum atomic E-state index is -0.0801. The Hall–Kier alpha value is -1.63. The summed E-state index contributed by atoms with van der Waals surface area (Å²) in [7, 11) is 1.78. The fourth-order valence-corrected chi connectivity index (χ4v) is 1.87. The Labute approximate surface area is 107 Å². The van der Waals surface area contributed by atoms with Crippen molar-refractivity contribution in [2.75, 3.05) is 42.3 Å². The molecule has 2 heterocycles. The summed E-state index contributed by atoms with van der Waals surface area (Å²) in [5.74, 6) is 1.73. The van der Waals surface area contributed by atoms with E-state index in [4.69, 9.17) is 5.11 Å². The Kier molecular flexibility index (Phi) is 4.14. The number of anilines is 3. The summed E-state index contributed by atoms with van der Waals surface area (Å²) in [6, 6.07) is -0.0801. The number of hydrogen-bond acceptors (Lipinski definition) is 7. The molecule has 0 bridgehead atoms. The third kappa shape index (κ3) is 2.98. The molecule has 1 aromatic rings. The van der Waals surface area contributed by atoms with Crippen molar-refractivity contribution in [1.82, 2.24) is 15.0 Å². The van der Waals surface area contributed by atoms with Crippen molar-refractivity contribution >= 4 is 17.8 Å². The van der Waals surface area contributed by atoms with Gasteiger partial charge >= 0.3 is 0 Å². The van der Waals surface area contributed by atoms with Crippen molar-refractivity contribution in [3.8, 4) is 0 Å². The first kappa shape index (κ1) is 12.8. The molecule has 0 spiro atoms. The van der Waals surface area contributed by atoms with Crippen molar-refractivity contribution < 1.29 is 5.11 Å². The first-order chi connectivity index (χ1) is 8.72. The smallest absolute Gasteiger partial charge is 0.231 e. The van der Waals surface area contributed by atoms with E-state index in [1.807, 2.05) is 6.92 Å². The second kappa shape index (κ2) is 5.81. The molecule has 1 aromatic heterocycles. The molecular formula is C11H20N6O. The van der Waals surface area contributed by atoms with Gasteiger partial charge in [-0.25, -0.2) is 0 Å². The summed E-state index contributed by atoms with van der Waals surface area (Å²) in [6.07, 6.45) is 2.35. The summed E-state index contributed by atoms with van der Waals surface area (Å²) in [6.45, 7) is 3.89. The Morgan fingerprint density at radius 3 is 2.50 bits per heavy atom. The highest BCUT2D eigenvalue weighted by Crippen LogP contribution is 2.18. The van der Waals surface area contributed by atoms with Crippen molar-refractivity contribution in [2.24, 2.45) is 0 Å². The largest absolute Gasteiger partial charge is 0.394 e.